The summed E-state index contributed by atoms with van der Waals surface area (Å²) in [5.41, 5.74) is 2.40. The SMILES string of the molecule is CC1Cc2ccccc2N1C(=O)CN(C)C1CCCNCC1. The Morgan fingerprint density at radius 3 is 3.00 bits per heavy atom. The third-order valence-electron chi connectivity index (χ3n) is 5.03. The summed E-state index contributed by atoms with van der Waals surface area (Å²) in [6, 6.07) is 9.09. The normalized spacial score (nSPS) is 25.1. The zero-order valence-electron chi connectivity index (χ0n) is 13.7. The van der Waals surface area contributed by atoms with Crippen LogP contribution in [0.15, 0.2) is 24.3 Å². The largest absolute Gasteiger partial charge is 0.317 e. The monoisotopic (exact) mass is 301 g/mol. The molecular weight excluding hydrogens is 274 g/mol. The van der Waals surface area contributed by atoms with Crippen molar-refractivity contribution in [3.63, 3.8) is 0 Å². The summed E-state index contributed by atoms with van der Waals surface area (Å²) in [5.74, 6) is 0.233. The van der Waals surface area contributed by atoms with Crippen molar-refractivity contribution in [2.75, 3.05) is 31.6 Å². The first kappa shape index (κ1) is 15.5. The Morgan fingerprint density at radius 2 is 2.14 bits per heavy atom. The molecule has 0 aromatic heterocycles. The second-order valence-electron chi connectivity index (χ2n) is 6.70. The summed E-state index contributed by atoms with van der Waals surface area (Å²) in [6.07, 6.45) is 4.49. The summed E-state index contributed by atoms with van der Waals surface area (Å²) >= 11 is 0. The van der Waals surface area contributed by atoms with Crippen molar-refractivity contribution in [3.8, 4) is 0 Å². The van der Waals surface area contributed by atoms with Crippen LogP contribution >= 0.6 is 0 Å². The Hall–Kier alpha value is -1.39. The second kappa shape index (κ2) is 6.80. The van der Waals surface area contributed by atoms with Crippen LogP contribution in [-0.4, -0.2) is 49.6 Å². The lowest BCUT2D eigenvalue weighted by atomic mass is 10.1. The third kappa shape index (κ3) is 3.18. The average molecular weight is 301 g/mol. The van der Waals surface area contributed by atoms with Crippen LogP contribution in [0, 0.1) is 0 Å². The number of anilines is 1. The Labute approximate surface area is 133 Å². The number of amides is 1. The molecule has 4 nitrogen and oxygen atoms in total. The van der Waals surface area contributed by atoms with Gasteiger partial charge in [0.15, 0.2) is 0 Å². The van der Waals surface area contributed by atoms with E-state index in [9.17, 15) is 4.79 Å². The van der Waals surface area contributed by atoms with Crippen LogP contribution in [-0.2, 0) is 11.2 Å². The predicted octanol–water partition coefficient (Wildman–Crippen LogP) is 2.04. The minimum atomic E-state index is 0.233. The van der Waals surface area contributed by atoms with E-state index in [0.29, 0.717) is 12.6 Å². The number of rotatable bonds is 3. The zero-order chi connectivity index (χ0) is 15.5. The molecule has 120 valence electrons. The van der Waals surface area contributed by atoms with Crippen LogP contribution in [0.5, 0.6) is 0 Å². The molecule has 2 aliphatic heterocycles. The molecule has 3 rings (SSSR count). The van der Waals surface area contributed by atoms with Gasteiger partial charge >= 0.3 is 0 Å². The lowest BCUT2D eigenvalue weighted by Crippen LogP contribution is -2.45. The molecule has 2 atom stereocenters. The van der Waals surface area contributed by atoms with Gasteiger partial charge in [-0.15, -0.1) is 0 Å². The van der Waals surface area contributed by atoms with Crippen molar-refractivity contribution in [3.05, 3.63) is 29.8 Å². The number of likely N-dealkylation sites (N-methyl/N-ethyl adjacent to an activating group) is 1. The van der Waals surface area contributed by atoms with E-state index < -0.39 is 0 Å². The first-order valence-corrected chi connectivity index (χ1v) is 8.47. The summed E-state index contributed by atoms with van der Waals surface area (Å²) in [4.78, 5) is 17.1. The molecule has 22 heavy (non-hydrogen) atoms. The van der Waals surface area contributed by atoms with Crippen molar-refractivity contribution in [1.82, 2.24) is 10.2 Å². The Morgan fingerprint density at radius 1 is 1.32 bits per heavy atom. The van der Waals surface area contributed by atoms with E-state index in [4.69, 9.17) is 0 Å². The number of nitrogens with zero attached hydrogens (tertiary/aromatic N) is 2. The fraction of sp³-hybridized carbons (Fsp3) is 0.611. The average Bonchev–Trinajstić information content (AvgIpc) is 2.67. The van der Waals surface area contributed by atoms with Gasteiger partial charge in [0, 0.05) is 17.8 Å². The summed E-state index contributed by atoms with van der Waals surface area (Å²) in [6.45, 7) is 4.83. The van der Waals surface area contributed by atoms with Crippen LogP contribution in [0.4, 0.5) is 5.69 Å². The quantitative estimate of drug-likeness (QED) is 0.928. The van der Waals surface area contributed by atoms with Crippen molar-refractivity contribution in [1.29, 1.82) is 0 Å². The molecule has 2 heterocycles. The molecule has 0 spiro atoms. The minimum Gasteiger partial charge on any atom is -0.317 e. The van der Waals surface area contributed by atoms with Crippen LogP contribution in [0.2, 0.25) is 0 Å². The van der Waals surface area contributed by atoms with E-state index >= 15 is 0 Å². The second-order valence-corrected chi connectivity index (χ2v) is 6.70. The van der Waals surface area contributed by atoms with Gasteiger partial charge in [-0.05, 0) is 64.4 Å². The molecule has 1 fully saturated rings. The lowest BCUT2D eigenvalue weighted by molar-refractivity contribution is -0.120. The zero-order valence-corrected chi connectivity index (χ0v) is 13.7. The van der Waals surface area contributed by atoms with Crippen LogP contribution in [0.1, 0.15) is 31.7 Å². The van der Waals surface area contributed by atoms with Gasteiger partial charge in [0.25, 0.3) is 0 Å². The number of fused-ring (bicyclic) bond motifs is 1. The number of hydrogen-bond acceptors (Lipinski definition) is 3. The van der Waals surface area contributed by atoms with E-state index in [1.54, 1.807) is 0 Å². The standard InChI is InChI=1S/C18H27N3O/c1-14-12-15-6-3-4-8-17(15)21(14)18(22)13-20(2)16-7-5-10-19-11-9-16/h3-4,6,8,14,16,19H,5,7,9-13H2,1-2H3. The van der Waals surface area contributed by atoms with Crippen molar-refractivity contribution < 1.29 is 4.79 Å². The molecule has 0 radical (unpaired) electrons. The minimum absolute atomic E-state index is 0.233. The lowest BCUT2D eigenvalue weighted by Gasteiger charge is -2.30. The van der Waals surface area contributed by atoms with Crippen molar-refractivity contribution in [2.45, 2.75) is 44.7 Å². The van der Waals surface area contributed by atoms with Crippen molar-refractivity contribution >= 4 is 11.6 Å². The molecule has 1 amide bonds. The number of benzene rings is 1. The Bertz CT molecular complexity index is 523. The Kier molecular flexibility index (Phi) is 4.79. The molecule has 1 saturated heterocycles. The molecule has 1 aromatic carbocycles. The molecule has 0 saturated carbocycles. The number of hydrogen-bond donors (Lipinski definition) is 1. The molecular formula is C18H27N3O. The fourth-order valence-electron chi connectivity index (χ4n) is 3.81. The summed E-state index contributed by atoms with van der Waals surface area (Å²) < 4.78 is 0. The topological polar surface area (TPSA) is 35.6 Å². The maximum absolute atomic E-state index is 12.8. The number of nitrogens with one attached hydrogen (secondary N) is 1. The van der Waals surface area contributed by atoms with Gasteiger partial charge in [-0.1, -0.05) is 18.2 Å². The van der Waals surface area contributed by atoms with Gasteiger partial charge in [0.2, 0.25) is 5.91 Å². The molecule has 0 aliphatic carbocycles. The van der Waals surface area contributed by atoms with Crippen LogP contribution in [0.25, 0.3) is 0 Å². The molecule has 0 bridgehead atoms. The summed E-state index contributed by atoms with van der Waals surface area (Å²) in [7, 11) is 2.10. The maximum Gasteiger partial charge on any atom is 0.241 e. The number of carbonyl (C=O) groups excluding carboxylic acids is 1. The van der Waals surface area contributed by atoms with E-state index in [2.05, 4.69) is 42.4 Å². The molecule has 2 unspecified atom stereocenters. The van der Waals surface area contributed by atoms with Gasteiger partial charge in [0.05, 0.1) is 6.54 Å². The van der Waals surface area contributed by atoms with Crippen LogP contribution < -0.4 is 10.2 Å². The predicted molar refractivity (Wildman–Crippen MR) is 90.2 cm³/mol. The van der Waals surface area contributed by atoms with E-state index in [1.807, 2.05) is 11.0 Å². The molecule has 4 heteroatoms. The van der Waals surface area contributed by atoms with Gasteiger partial charge in [-0.3, -0.25) is 9.69 Å². The first-order valence-electron chi connectivity index (χ1n) is 8.47. The fourth-order valence-corrected chi connectivity index (χ4v) is 3.81. The van der Waals surface area contributed by atoms with E-state index in [0.717, 1.165) is 31.6 Å². The highest BCUT2D eigenvalue weighted by Crippen LogP contribution is 2.32. The highest BCUT2D eigenvalue weighted by atomic mass is 16.2. The van der Waals surface area contributed by atoms with Crippen LogP contribution in [0.3, 0.4) is 0 Å². The number of para-hydroxylation sites is 1. The van der Waals surface area contributed by atoms with E-state index in [-0.39, 0.29) is 11.9 Å². The summed E-state index contributed by atoms with van der Waals surface area (Å²) in [5, 5.41) is 3.44. The first-order chi connectivity index (χ1) is 10.7. The highest BCUT2D eigenvalue weighted by Gasteiger charge is 2.31. The smallest absolute Gasteiger partial charge is 0.241 e. The highest BCUT2D eigenvalue weighted by molar-refractivity contribution is 5.97. The number of carbonyl (C=O) groups is 1. The van der Waals surface area contributed by atoms with Gasteiger partial charge < -0.3 is 10.2 Å². The molecule has 2 aliphatic rings. The third-order valence-corrected chi connectivity index (χ3v) is 5.03. The van der Waals surface area contributed by atoms with Gasteiger partial charge in [-0.25, -0.2) is 0 Å². The Balaban J connectivity index is 1.66. The maximum atomic E-state index is 12.8. The van der Waals surface area contributed by atoms with Gasteiger partial charge in [-0.2, -0.15) is 0 Å². The molecule has 1 aromatic rings. The molecule has 1 N–H and O–H groups in total. The van der Waals surface area contributed by atoms with Crippen molar-refractivity contribution in [2.24, 2.45) is 0 Å². The van der Waals surface area contributed by atoms with E-state index in [1.165, 1.54) is 18.4 Å². The van der Waals surface area contributed by atoms with Gasteiger partial charge in [0.1, 0.15) is 0 Å².